The molecule has 0 aromatic heterocycles. The van der Waals surface area contributed by atoms with Crippen LogP contribution in [0, 0.1) is 6.57 Å². The Morgan fingerprint density at radius 3 is 2.69 bits per heavy atom. The first-order valence-corrected chi connectivity index (χ1v) is 4.45. The van der Waals surface area contributed by atoms with Gasteiger partial charge in [0.15, 0.2) is 0 Å². The quantitative estimate of drug-likeness (QED) is 0.273. The fourth-order valence-corrected chi connectivity index (χ4v) is 0.823. The van der Waals surface area contributed by atoms with Gasteiger partial charge >= 0.3 is 5.97 Å². The average Bonchev–Trinajstić information content (AvgIpc) is 2.16. The van der Waals surface area contributed by atoms with Gasteiger partial charge in [-0.3, -0.25) is 4.79 Å². The van der Waals surface area contributed by atoms with Gasteiger partial charge in [-0.15, -0.1) is 0 Å². The Hall–Kier alpha value is -1.30. The van der Waals surface area contributed by atoms with E-state index in [0.29, 0.717) is 6.61 Å². The van der Waals surface area contributed by atoms with Crippen molar-refractivity contribution in [2.24, 2.45) is 0 Å². The van der Waals surface area contributed by atoms with Crippen LogP contribution in [0.3, 0.4) is 0 Å². The van der Waals surface area contributed by atoms with E-state index in [1.54, 1.807) is 0 Å². The maximum absolute atomic E-state index is 10.9. The molecule has 3 nitrogen and oxygen atoms in total. The van der Waals surface area contributed by atoms with Gasteiger partial charge in [0.2, 0.25) is 0 Å². The summed E-state index contributed by atoms with van der Waals surface area (Å²) in [6.45, 7) is 12.3. The lowest BCUT2D eigenvalue weighted by Crippen LogP contribution is -2.05. The summed E-state index contributed by atoms with van der Waals surface area (Å²) in [6.07, 6.45) is 4.24. The first kappa shape index (κ1) is 11.7. The minimum absolute atomic E-state index is 0.143. The lowest BCUT2D eigenvalue weighted by molar-refractivity contribution is -0.138. The summed E-state index contributed by atoms with van der Waals surface area (Å²) < 4.78 is 4.79. The van der Waals surface area contributed by atoms with E-state index in [1.807, 2.05) is 0 Å². The zero-order valence-electron chi connectivity index (χ0n) is 8.01. The number of nitrogens with zero attached hydrogens (tertiary/aromatic N) is 1. The maximum Gasteiger partial charge on any atom is 0.335 e. The van der Waals surface area contributed by atoms with Gasteiger partial charge < -0.3 is 4.74 Å². The average molecular weight is 181 g/mol. The smallest absolute Gasteiger partial charge is 0.335 e. The van der Waals surface area contributed by atoms with E-state index in [-0.39, 0.29) is 5.70 Å². The number of hydrogen-bond donors (Lipinski definition) is 0. The fraction of sp³-hybridized carbons (Fsp3) is 0.600. The number of esters is 1. The van der Waals surface area contributed by atoms with Crippen molar-refractivity contribution in [3.8, 4) is 0 Å². The Labute approximate surface area is 79.2 Å². The van der Waals surface area contributed by atoms with Gasteiger partial charge in [-0.25, -0.2) is 4.85 Å². The number of rotatable bonds is 6. The summed E-state index contributed by atoms with van der Waals surface area (Å²) in [4.78, 5) is 13.8. The summed E-state index contributed by atoms with van der Waals surface area (Å²) in [5.41, 5.74) is -0.143. The number of hydrogen-bond acceptors (Lipinski definition) is 2. The third-order valence-electron chi connectivity index (χ3n) is 1.60. The second-order valence-corrected chi connectivity index (χ2v) is 2.76. The predicted molar refractivity (Wildman–Crippen MR) is 50.8 cm³/mol. The number of carbonyl (C=O) groups is 1. The molecule has 72 valence electrons. The van der Waals surface area contributed by atoms with Gasteiger partial charge in [-0.1, -0.05) is 32.8 Å². The van der Waals surface area contributed by atoms with Crippen molar-refractivity contribution in [1.29, 1.82) is 0 Å². The van der Waals surface area contributed by atoms with E-state index >= 15 is 0 Å². The Morgan fingerprint density at radius 2 is 2.15 bits per heavy atom. The van der Waals surface area contributed by atoms with Crippen LogP contribution in [0.15, 0.2) is 12.3 Å². The van der Waals surface area contributed by atoms with Crippen molar-refractivity contribution in [3.05, 3.63) is 23.7 Å². The minimum atomic E-state index is -0.591. The van der Waals surface area contributed by atoms with Crippen LogP contribution in [0.1, 0.15) is 32.6 Å². The molecule has 0 fully saturated rings. The highest BCUT2D eigenvalue weighted by Crippen LogP contribution is 2.01. The fourth-order valence-electron chi connectivity index (χ4n) is 0.823. The second kappa shape index (κ2) is 7.35. The summed E-state index contributed by atoms with van der Waals surface area (Å²) in [6, 6.07) is 0. The molecular weight excluding hydrogens is 166 g/mol. The molecule has 0 saturated carbocycles. The molecule has 0 atom stereocenters. The predicted octanol–water partition coefficient (Wildman–Crippen LogP) is 2.54. The van der Waals surface area contributed by atoms with E-state index in [4.69, 9.17) is 11.3 Å². The minimum Gasteiger partial charge on any atom is -0.471 e. The van der Waals surface area contributed by atoms with Crippen LogP contribution in [-0.2, 0) is 9.53 Å². The van der Waals surface area contributed by atoms with Gasteiger partial charge in [-0.2, -0.15) is 0 Å². The Kier molecular flexibility index (Phi) is 6.62. The van der Waals surface area contributed by atoms with Crippen LogP contribution in [0.5, 0.6) is 0 Å². The molecule has 0 aromatic carbocycles. The zero-order valence-corrected chi connectivity index (χ0v) is 8.01. The monoisotopic (exact) mass is 181 g/mol. The van der Waals surface area contributed by atoms with E-state index in [9.17, 15) is 4.79 Å². The third-order valence-corrected chi connectivity index (χ3v) is 1.60. The molecule has 0 aliphatic heterocycles. The van der Waals surface area contributed by atoms with Gasteiger partial charge in [0.05, 0.1) is 13.2 Å². The first-order chi connectivity index (χ1) is 6.22. The lowest BCUT2D eigenvalue weighted by Gasteiger charge is -2.02. The standard InChI is InChI=1S/C10H15NO2/c1-4-5-6-7-8-13-10(12)9(2)11-3/h2,4-8H2,1H3. The topological polar surface area (TPSA) is 30.7 Å². The van der Waals surface area contributed by atoms with Crippen molar-refractivity contribution < 1.29 is 9.53 Å². The number of carbonyl (C=O) groups excluding carboxylic acids is 1. The first-order valence-electron chi connectivity index (χ1n) is 4.45. The van der Waals surface area contributed by atoms with E-state index in [0.717, 1.165) is 25.7 Å². The third kappa shape index (κ3) is 5.92. The zero-order chi connectivity index (χ0) is 10.1. The van der Waals surface area contributed by atoms with Crippen molar-refractivity contribution in [2.45, 2.75) is 32.6 Å². The molecular formula is C10H15NO2. The van der Waals surface area contributed by atoms with Crippen molar-refractivity contribution >= 4 is 5.97 Å². The molecule has 0 N–H and O–H groups in total. The second-order valence-electron chi connectivity index (χ2n) is 2.76. The largest absolute Gasteiger partial charge is 0.471 e. The van der Waals surface area contributed by atoms with Crippen LogP contribution in [0.25, 0.3) is 4.85 Å². The molecule has 0 amide bonds. The van der Waals surface area contributed by atoms with Gasteiger partial charge in [-0.05, 0) is 6.42 Å². The van der Waals surface area contributed by atoms with Crippen LogP contribution < -0.4 is 0 Å². The van der Waals surface area contributed by atoms with Crippen LogP contribution in [0.4, 0.5) is 0 Å². The normalized spacial score (nSPS) is 8.92. The molecule has 0 radical (unpaired) electrons. The Bertz CT molecular complexity index is 215. The van der Waals surface area contributed by atoms with Crippen LogP contribution in [0.2, 0.25) is 0 Å². The number of ether oxygens (including phenoxy) is 1. The van der Waals surface area contributed by atoms with Gasteiger partial charge in [0.25, 0.3) is 5.70 Å². The summed E-state index contributed by atoms with van der Waals surface area (Å²) in [7, 11) is 0. The highest BCUT2D eigenvalue weighted by Gasteiger charge is 2.06. The van der Waals surface area contributed by atoms with Crippen LogP contribution >= 0.6 is 0 Å². The molecule has 0 aliphatic rings. The molecule has 0 spiro atoms. The van der Waals surface area contributed by atoms with Gasteiger partial charge in [0.1, 0.15) is 0 Å². The molecule has 0 heterocycles. The molecule has 0 bridgehead atoms. The van der Waals surface area contributed by atoms with Crippen molar-refractivity contribution in [2.75, 3.05) is 6.61 Å². The van der Waals surface area contributed by atoms with E-state index in [1.165, 1.54) is 0 Å². The molecule has 0 unspecified atom stereocenters. The Morgan fingerprint density at radius 1 is 1.46 bits per heavy atom. The van der Waals surface area contributed by atoms with Crippen molar-refractivity contribution in [3.63, 3.8) is 0 Å². The number of unbranched alkanes of at least 4 members (excludes halogenated alkanes) is 3. The molecule has 0 aliphatic carbocycles. The molecule has 0 rings (SSSR count). The Balaban J connectivity index is 3.39. The lowest BCUT2D eigenvalue weighted by atomic mass is 10.2. The molecule has 0 saturated heterocycles. The van der Waals surface area contributed by atoms with E-state index in [2.05, 4.69) is 18.3 Å². The maximum atomic E-state index is 10.9. The summed E-state index contributed by atoms with van der Waals surface area (Å²) >= 11 is 0. The van der Waals surface area contributed by atoms with Crippen molar-refractivity contribution in [1.82, 2.24) is 0 Å². The molecule has 13 heavy (non-hydrogen) atoms. The SMILES string of the molecule is [C-]#[N+]C(=C)C(=O)OCCCCCC. The van der Waals surface area contributed by atoms with Crippen LogP contribution in [-0.4, -0.2) is 12.6 Å². The summed E-state index contributed by atoms with van der Waals surface area (Å²) in [5, 5.41) is 0. The summed E-state index contributed by atoms with van der Waals surface area (Å²) in [5.74, 6) is -0.591. The molecule has 0 aromatic rings. The highest BCUT2D eigenvalue weighted by molar-refractivity contribution is 5.89. The molecule has 3 heteroatoms. The van der Waals surface area contributed by atoms with E-state index < -0.39 is 5.97 Å². The van der Waals surface area contributed by atoms with Gasteiger partial charge in [0, 0.05) is 0 Å². The highest BCUT2D eigenvalue weighted by atomic mass is 16.5.